The van der Waals surface area contributed by atoms with Crippen molar-refractivity contribution in [3.05, 3.63) is 95.9 Å². The van der Waals surface area contributed by atoms with E-state index in [2.05, 4.69) is 40.3 Å². The van der Waals surface area contributed by atoms with Gasteiger partial charge in [0.1, 0.15) is 5.82 Å². The summed E-state index contributed by atoms with van der Waals surface area (Å²) in [5, 5.41) is 24.0. The summed E-state index contributed by atoms with van der Waals surface area (Å²) in [7, 11) is 0. The van der Waals surface area contributed by atoms with E-state index in [-0.39, 0.29) is 6.61 Å². The van der Waals surface area contributed by atoms with E-state index >= 15 is 0 Å². The minimum absolute atomic E-state index is 0.279. The van der Waals surface area contributed by atoms with E-state index in [0.29, 0.717) is 35.3 Å². The highest BCUT2D eigenvalue weighted by Gasteiger charge is 2.10. The number of ether oxygens (including phenoxy) is 1. The number of nitriles is 2. The molecule has 0 aliphatic carbocycles. The average Bonchev–Trinajstić information content (AvgIpc) is 2.78. The van der Waals surface area contributed by atoms with Crippen molar-refractivity contribution in [2.45, 2.75) is 20.5 Å². The maximum atomic E-state index is 8.83. The molecule has 1 aromatic heterocycles. The van der Waals surface area contributed by atoms with Crippen molar-refractivity contribution in [3.63, 3.8) is 0 Å². The lowest BCUT2D eigenvalue weighted by molar-refractivity contribution is 0.146. The molecule has 0 atom stereocenters. The smallest absolute Gasteiger partial charge is 0.229 e. The molecule has 0 amide bonds. The number of benzene rings is 1. The third-order valence-corrected chi connectivity index (χ3v) is 4.32. The Labute approximate surface area is 194 Å². The molecule has 0 spiro atoms. The number of rotatable bonds is 11. The first-order valence-corrected chi connectivity index (χ1v) is 10.1. The summed E-state index contributed by atoms with van der Waals surface area (Å²) < 4.78 is 5.55. The van der Waals surface area contributed by atoms with Gasteiger partial charge in [0.25, 0.3) is 0 Å². The fraction of sp³-hybridized carbons (Fsp3) is 0.154. The standard InChI is InChI=1S/C26H26N6O/c1-6-12-33-17-23-15-24(32-26(30-23)29-21(5)10-9-18(2)16-28)31-25-19(3)13-22(8-7-11-27)14-20(25)4/h6-10,13-15H,1-2,5,12,17H2,3-4H3,(H2,29,30,31,32)/b8-7+,10-9-. The Kier molecular flexibility index (Phi) is 9.33. The van der Waals surface area contributed by atoms with Crippen LogP contribution in [0.2, 0.25) is 0 Å². The Bertz CT molecular complexity index is 1170. The first-order valence-electron chi connectivity index (χ1n) is 10.1. The summed E-state index contributed by atoms with van der Waals surface area (Å²) in [5.41, 5.74) is 5.35. The molecule has 7 nitrogen and oxygen atoms in total. The minimum Gasteiger partial charge on any atom is -0.371 e. The maximum absolute atomic E-state index is 8.83. The Morgan fingerprint density at radius 3 is 2.48 bits per heavy atom. The molecule has 166 valence electrons. The lowest BCUT2D eigenvalue weighted by atomic mass is 10.0. The number of allylic oxidation sites excluding steroid dienone is 4. The normalized spacial score (nSPS) is 10.5. The van der Waals surface area contributed by atoms with Gasteiger partial charge < -0.3 is 15.4 Å². The van der Waals surface area contributed by atoms with E-state index in [1.165, 1.54) is 6.08 Å². The number of hydrogen-bond donors (Lipinski definition) is 2. The highest BCUT2D eigenvalue weighted by atomic mass is 16.5. The van der Waals surface area contributed by atoms with E-state index in [0.717, 1.165) is 22.4 Å². The van der Waals surface area contributed by atoms with Crippen LogP contribution in [-0.4, -0.2) is 16.6 Å². The molecule has 0 radical (unpaired) electrons. The second-order valence-corrected chi connectivity index (χ2v) is 7.11. The zero-order valence-corrected chi connectivity index (χ0v) is 18.9. The zero-order chi connectivity index (χ0) is 24.2. The van der Waals surface area contributed by atoms with E-state index in [1.807, 2.05) is 44.2 Å². The van der Waals surface area contributed by atoms with E-state index in [1.54, 1.807) is 24.3 Å². The highest BCUT2D eigenvalue weighted by molar-refractivity contribution is 5.69. The predicted octanol–water partition coefficient (Wildman–Crippen LogP) is 5.64. The monoisotopic (exact) mass is 438 g/mol. The van der Waals surface area contributed by atoms with Gasteiger partial charge in [-0.15, -0.1) is 6.58 Å². The number of aryl methyl sites for hydroxylation is 2. The first-order chi connectivity index (χ1) is 15.9. The van der Waals surface area contributed by atoms with Gasteiger partial charge in [0.2, 0.25) is 5.95 Å². The van der Waals surface area contributed by atoms with Crippen molar-refractivity contribution in [1.29, 1.82) is 10.5 Å². The Morgan fingerprint density at radius 1 is 1.12 bits per heavy atom. The average molecular weight is 439 g/mol. The molecule has 0 aliphatic rings. The maximum Gasteiger partial charge on any atom is 0.229 e. The van der Waals surface area contributed by atoms with Crippen molar-refractivity contribution in [1.82, 2.24) is 9.97 Å². The third-order valence-electron chi connectivity index (χ3n) is 4.32. The molecule has 0 aliphatic heterocycles. The summed E-state index contributed by atoms with van der Waals surface area (Å²) >= 11 is 0. The van der Waals surface area contributed by atoms with Crippen LogP contribution >= 0.6 is 0 Å². The quantitative estimate of drug-likeness (QED) is 0.202. The van der Waals surface area contributed by atoms with Crippen LogP contribution in [0, 0.1) is 36.5 Å². The lowest BCUT2D eigenvalue weighted by Crippen LogP contribution is -2.08. The molecule has 0 saturated heterocycles. The molecule has 0 bridgehead atoms. The van der Waals surface area contributed by atoms with Crippen molar-refractivity contribution in [3.8, 4) is 12.1 Å². The molecule has 7 heteroatoms. The Balaban J connectivity index is 2.34. The second-order valence-electron chi connectivity index (χ2n) is 7.11. The number of nitrogens with zero attached hydrogens (tertiary/aromatic N) is 4. The topological polar surface area (TPSA) is 107 Å². The summed E-state index contributed by atoms with van der Waals surface area (Å²) in [6.45, 7) is 15.8. The van der Waals surface area contributed by atoms with Crippen LogP contribution in [0.3, 0.4) is 0 Å². The Morgan fingerprint density at radius 2 is 1.85 bits per heavy atom. The number of hydrogen-bond acceptors (Lipinski definition) is 7. The largest absolute Gasteiger partial charge is 0.371 e. The predicted molar refractivity (Wildman–Crippen MR) is 132 cm³/mol. The molecule has 2 rings (SSSR count). The van der Waals surface area contributed by atoms with Crippen molar-refractivity contribution in [2.75, 3.05) is 17.2 Å². The van der Waals surface area contributed by atoms with Gasteiger partial charge >= 0.3 is 0 Å². The van der Waals surface area contributed by atoms with E-state index in [4.69, 9.17) is 15.3 Å². The molecule has 0 unspecified atom stereocenters. The van der Waals surface area contributed by atoms with Gasteiger partial charge in [-0.25, -0.2) is 4.98 Å². The lowest BCUT2D eigenvalue weighted by Gasteiger charge is -2.15. The highest BCUT2D eigenvalue weighted by Crippen LogP contribution is 2.27. The zero-order valence-electron chi connectivity index (χ0n) is 18.9. The van der Waals surface area contributed by atoms with E-state index in [9.17, 15) is 0 Å². The van der Waals surface area contributed by atoms with Crippen molar-refractivity contribution < 1.29 is 4.74 Å². The summed E-state index contributed by atoms with van der Waals surface area (Å²) in [4.78, 5) is 9.03. The van der Waals surface area contributed by atoms with Gasteiger partial charge in [-0.05, 0) is 60.9 Å². The van der Waals surface area contributed by atoms with Crippen molar-refractivity contribution >= 4 is 23.5 Å². The van der Waals surface area contributed by atoms with E-state index < -0.39 is 0 Å². The SMILES string of the molecule is C=CCOCc1cc(Nc2c(C)cc(/C=C/C#N)cc2C)nc(NC(=C)/C=C\C(=C)C#N)n1. The summed E-state index contributed by atoms with van der Waals surface area (Å²) in [5.74, 6) is 0.910. The molecular weight excluding hydrogens is 412 g/mol. The van der Waals surface area contributed by atoms with Gasteiger partial charge in [-0.1, -0.05) is 19.2 Å². The van der Waals surface area contributed by atoms with Gasteiger partial charge in [-0.2, -0.15) is 15.5 Å². The number of nitrogens with one attached hydrogen (secondary N) is 2. The van der Waals surface area contributed by atoms with Gasteiger partial charge in [0.15, 0.2) is 0 Å². The number of aromatic nitrogens is 2. The van der Waals surface area contributed by atoms with Crippen LogP contribution in [-0.2, 0) is 11.3 Å². The minimum atomic E-state index is 0.279. The molecule has 1 heterocycles. The molecular formula is C26H26N6O. The van der Waals surface area contributed by atoms with Gasteiger partial charge in [-0.3, -0.25) is 0 Å². The van der Waals surface area contributed by atoms with Crippen LogP contribution in [0.25, 0.3) is 6.08 Å². The van der Waals surface area contributed by atoms with Crippen LogP contribution < -0.4 is 10.6 Å². The molecule has 2 aromatic rings. The molecule has 0 saturated carbocycles. The molecule has 0 fully saturated rings. The van der Waals surface area contributed by atoms with Crippen LogP contribution in [0.1, 0.15) is 22.4 Å². The first kappa shape index (κ1) is 24.8. The van der Waals surface area contributed by atoms with Crippen LogP contribution in [0.5, 0.6) is 0 Å². The molecule has 1 aromatic carbocycles. The second kappa shape index (κ2) is 12.4. The van der Waals surface area contributed by atoms with Crippen LogP contribution in [0.4, 0.5) is 17.5 Å². The fourth-order valence-corrected chi connectivity index (χ4v) is 2.91. The van der Waals surface area contributed by atoms with Crippen molar-refractivity contribution in [2.24, 2.45) is 0 Å². The van der Waals surface area contributed by atoms with Crippen LogP contribution in [0.15, 0.2) is 73.5 Å². The van der Waals surface area contributed by atoms with Gasteiger partial charge in [0, 0.05) is 29.1 Å². The summed E-state index contributed by atoms with van der Waals surface area (Å²) in [6, 6.07) is 9.75. The fourth-order valence-electron chi connectivity index (χ4n) is 2.91. The Hall–Kier alpha value is -4.46. The van der Waals surface area contributed by atoms with Gasteiger partial charge in [0.05, 0.1) is 31.0 Å². The molecule has 2 N–H and O–H groups in total. The summed E-state index contributed by atoms with van der Waals surface area (Å²) in [6.07, 6.45) is 8.08. The number of anilines is 3. The third kappa shape index (κ3) is 7.95. The molecule has 33 heavy (non-hydrogen) atoms.